The first-order valence-corrected chi connectivity index (χ1v) is 13.9. The number of ketones is 1. The van der Waals surface area contributed by atoms with Crippen molar-refractivity contribution in [2.75, 3.05) is 0 Å². The molecule has 0 aromatic rings. The van der Waals surface area contributed by atoms with Gasteiger partial charge in [0, 0.05) is 24.7 Å². The van der Waals surface area contributed by atoms with Crippen molar-refractivity contribution in [3.63, 3.8) is 0 Å². The second kappa shape index (κ2) is 10.5. The SMILES string of the molecule is C=CCCCCCCCCC(=O)O[C@H]1CC[C@@]2(C)C(=CC[C@@H]3[C@@H]2CC[C@]2(C)C(=O)CC[C@@H]32)C1. The van der Waals surface area contributed by atoms with E-state index in [1.807, 2.05) is 6.08 Å². The lowest BCUT2D eigenvalue weighted by atomic mass is 9.48. The highest BCUT2D eigenvalue weighted by Gasteiger charge is 2.58. The van der Waals surface area contributed by atoms with Crippen LogP contribution in [-0.4, -0.2) is 17.9 Å². The predicted molar refractivity (Wildman–Crippen MR) is 134 cm³/mol. The van der Waals surface area contributed by atoms with Gasteiger partial charge in [-0.2, -0.15) is 0 Å². The van der Waals surface area contributed by atoms with Crippen molar-refractivity contribution in [1.82, 2.24) is 0 Å². The number of fused-ring (bicyclic) bond motifs is 5. The molecule has 3 fully saturated rings. The lowest BCUT2D eigenvalue weighted by Gasteiger charge is -2.56. The third-order valence-electron chi connectivity index (χ3n) is 10.1. The summed E-state index contributed by atoms with van der Waals surface area (Å²) in [6.45, 7) is 8.50. The number of hydrogen-bond acceptors (Lipinski definition) is 3. The summed E-state index contributed by atoms with van der Waals surface area (Å²) in [7, 11) is 0. The summed E-state index contributed by atoms with van der Waals surface area (Å²) in [5.41, 5.74) is 1.73. The van der Waals surface area contributed by atoms with Crippen LogP contribution in [0.5, 0.6) is 0 Å². The number of Topliss-reactive ketones (excluding diaryl/α,β-unsaturated/α-hetero) is 1. The Morgan fingerprint density at radius 2 is 1.73 bits per heavy atom. The van der Waals surface area contributed by atoms with Gasteiger partial charge >= 0.3 is 5.97 Å². The molecule has 33 heavy (non-hydrogen) atoms. The van der Waals surface area contributed by atoms with E-state index < -0.39 is 0 Å². The van der Waals surface area contributed by atoms with E-state index in [9.17, 15) is 9.59 Å². The molecule has 0 amide bonds. The number of ether oxygens (including phenoxy) is 1. The maximum atomic E-state index is 12.6. The van der Waals surface area contributed by atoms with Gasteiger partial charge < -0.3 is 4.74 Å². The Kier molecular flexibility index (Phi) is 7.86. The van der Waals surface area contributed by atoms with Gasteiger partial charge in [0.15, 0.2) is 0 Å². The van der Waals surface area contributed by atoms with Crippen molar-refractivity contribution in [2.24, 2.45) is 28.6 Å². The summed E-state index contributed by atoms with van der Waals surface area (Å²) in [4.78, 5) is 25.1. The fourth-order valence-electron chi connectivity index (χ4n) is 8.01. The second-order valence-corrected chi connectivity index (χ2v) is 12.0. The summed E-state index contributed by atoms with van der Waals surface area (Å²) in [6, 6.07) is 0. The van der Waals surface area contributed by atoms with Crippen molar-refractivity contribution < 1.29 is 14.3 Å². The molecule has 0 radical (unpaired) electrons. The number of rotatable bonds is 10. The molecule has 0 saturated heterocycles. The van der Waals surface area contributed by atoms with Crippen LogP contribution < -0.4 is 0 Å². The van der Waals surface area contributed by atoms with Crippen molar-refractivity contribution >= 4 is 11.8 Å². The van der Waals surface area contributed by atoms with Crippen LogP contribution in [0.3, 0.4) is 0 Å². The fraction of sp³-hybridized carbons (Fsp3) is 0.800. The van der Waals surface area contributed by atoms with E-state index in [-0.39, 0.29) is 22.9 Å². The number of carbonyl (C=O) groups excluding carboxylic acids is 2. The molecule has 3 heteroatoms. The Labute approximate surface area is 201 Å². The van der Waals surface area contributed by atoms with Crippen molar-refractivity contribution in [1.29, 1.82) is 0 Å². The molecule has 0 spiro atoms. The van der Waals surface area contributed by atoms with E-state index in [0.29, 0.717) is 30.0 Å². The first kappa shape index (κ1) is 24.7. The number of carbonyl (C=O) groups is 2. The highest BCUT2D eigenvalue weighted by Crippen LogP contribution is 2.64. The number of allylic oxidation sites excluding steroid dienone is 2. The summed E-state index contributed by atoms with van der Waals surface area (Å²) in [5.74, 6) is 2.47. The fourth-order valence-corrected chi connectivity index (χ4v) is 8.01. The van der Waals surface area contributed by atoms with Crippen LogP contribution in [0.2, 0.25) is 0 Å². The van der Waals surface area contributed by atoms with Crippen LogP contribution in [-0.2, 0) is 14.3 Å². The van der Waals surface area contributed by atoms with Gasteiger partial charge in [0.2, 0.25) is 0 Å². The molecule has 0 unspecified atom stereocenters. The van der Waals surface area contributed by atoms with Crippen LogP contribution in [0.4, 0.5) is 0 Å². The van der Waals surface area contributed by atoms with E-state index in [1.54, 1.807) is 5.57 Å². The van der Waals surface area contributed by atoms with E-state index in [0.717, 1.165) is 64.2 Å². The molecule has 3 saturated carbocycles. The van der Waals surface area contributed by atoms with E-state index in [4.69, 9.17) is 4.74 Å². The lowest BCUT2D eigenvalue weighted by molar-refractivity contribution is -0.151. The molecule has 3 nitrogen and oxygen atoms in total. The number of esters is 1. The Hall–Kier alpha value is -1.38. The zero-order valence-electron chi connectivity index (χ0n) is 21.2. The highest BCUT2D eigenvalue weighted by atomic mass is 16.5. The lowest BCUT2D eigenvalue weighted by Crippen LogP contribution is -2.50. The zero-order chi connectivity index (χ0) is 23.5. The minimum atomic E-state index is -0.0544. The first-order chi connectivity index (χ1) is 15.9. The average Bonchev–Trinajstić information content (AvgIpc) is 3.10. The van der Waals surface area contributed by atoms with Crippen molar-refractivity contribution in [2.45, 2.75) is 123 Å². The standard InChI is InChI=1S/C30H46O3/c1-4-5-6-7-8-9-10-11-12-28(32)33-23-17-19-29(2)22(21-23)13-14-24-25-15-16-27(31)30(25,3)20-18-26(24)29/h4,13,23-26H,1,5-12,14-21H2,2-3H3/t23-,24-,25-,26-,29-,30-/m0/s1. The van der Waals surface area contributed by atoms with E-state index >= 15 is 0 Å². The van der Waals surface area contributed by atoms with Gasteiger partial charge in [-0.15, -0.1) is 6.58 Å². The van der Waals surface area contributed by atoms with Crippen molar-refractivity contribution in [3.05, 3.63) is 24.3 Å². The van der Waals surface area contributed by atoms with E-state index in [1.165, 1.54) is 32.1 Å². The number of unbranched alkanes of at least 4 members (excludes halogenated alkanes) is 6. The molecule has 6 atom stereocenters. The smallest absolute Gasteiger partial charge is 0.306 e. The van der Waals surface area contributed by atoms with Gasteiger partial charge in [-0.25, -0.2) is 0 Å². The first-order valence-electron chi connectivity index (χ1n) is 13.9. The normalized spacial score (nSPS) is 37.5. The number of hydrogen-bond donors (Lipinski definition) is 0. The van der Waals surface area contributed by atoms with E-state index in [2.05, 4.69) is 26.5 Å². The molecule has 0 aromatic heterocycles. The zero-order valence-corrected chi connectivity index (χ0v) is 21.2. The molecule has 4 aliphatic carbocycles. The summed E-state index contributed by atoms with van der Waals surface area (Å²) >= 11 is 0. The van der Waals surface area contributed by atoms with Gasteiger partial charge in [0.1, 0.15) is 11.9 Å². The molecule has 0 heterocycles. The van der Waals surface area contributed by atoms with Gasteiger partial charge in [0.05, 0.1) is 0 Å². The Morgan fingerprint density at radius 3 is 2.52 bits per heavy atom. The maximum Gasteiger partial charge on any atom is 0.306 e. The maximum absolute atomic E-state index is 12.6. The molecular weight excluding hydrogens is 408 g/mol. The van der Waals surface area contributed by atoms with Crippen LogP contribution in [0.1, 0.15) is 117 Å². The molecule has 0 N–H and O–H groups in total. The van der Waals surface area contributed by atoms with Crippen LogP contribution in [0.25, 0.3) is 0 Å². The highest BCUT2D eigenvalue weighted by molar-refractivity contribution is 5.87. The second-order valence-electron chi connectivity index (χ2n) is 12.0. The summed E-state index contributed by atoms with van der Waals surface area (Å²) in [5, 5.41) is 0. The van der Waals surface area contributed by atoms with Crippen LogP contribution >= 0.6 is 0 Å². The Balaban J connectivity index is 1.24. The van der Waals surface area contributed by atoms with Gasteiger partial charge in [-0.1, -0.05) is 57.3 Å². The molecule has 0 aromatic carbocycles. The minimum absolute atomic E-state index is 0.00227. The molecule has 4 rings (SSSR count). The third-order valence-corrected chi connectivity index (χ3v) is 10.1. The molecule has 4 aliphatic rings. The largest absolute Gasteiger partial charge is 0.462 e. The predicted octanol–water partition coefficient (Wildman–Crippen LogP) is 7.74. The molecule has 0 bridgehead atoms. The van der Waals surface area contributed by atoms with Crippen LogP contribution in [0.15, 0.2) is 24.3 Å². The Morgan fingerprint density at radius 1 is 1.03 bits per heavy atom. The topological polar surface area (TPSA) is 43.4 Å². The van der Waals surface area contributed by atoms with Crippen molar-refractivity contribution in [3.8, 4) is 0 Å². The Bertz CT molecular complexity index is 767. The minimum Gasteiger partial charge on any atom is -0.462 e. The quantitative estimate of drug-likeness (QED) is 0.193. The summed E-state index contributed by atoms with van der Waals surface area (Å²) in [6.07, 6.45) is 21.6. The third kappa shape index (κ3) is 5.03. The van der Waals surface area contributed by atoms with Gasteiger partial charge in [0.25, 0.3) is 0 Å². The molecule has 184 valence electrons. The van der Waals surface area contributed by atoms with Gasteiger partial charge in [-0.3, -0.25) is 9.59 Å². The molecule has 0 aliphatic heterocycles. The van der Waals surface area contributed by atoms with Gasteiger partial charge in [-0.05, 0) is 81.0 Å². The van der Waals surface area contributed by atoms with Crippen LogP contribution in [0, 0.1) is 28.6 Å². The monoisotopic (exact) mass is 454 g/mol. The average molecular weight is 455 g/mol. The molecular formula is C30H46O3. The summed E-state index contributed by atoms with van der Waals surface area (Å²) < 4.78 is 5.94.